The number of benzene rings is 1. The van der Waals surface area contributed by atoms with Crippen LogP contribution >= 0.6 is 11.3 Å². The van der Waals surface area contributed by atoms with E-state index in [4.69, 9.17) is 19.4 Å². The maximum absolute atomic E-state index is 11.9. The van der Waals surface area contributed by atoms with E-state index < -0.39 is 5.97 Å². The van der Waals surface area contributed by atoms with E-state index in [-0.39, 0.29) is 5.91 Å². The summed E-state index contributed by atoms with van der Waals surface area (Å²) in [6.07, 6.45) is 2.96. The van der Waals surface area contributed by atoms with Crippen LogP contribution in [0.3, 0.4) is 0 Å². The molecule has 208 valence electrons. The van der Waals surface area contributed by atoms with Gasteiger partial charge in [0, 0.05) is 56.4 Å². The molecular formula is C28H31N7O4S. The summed E-state index contributed by atoms with van der Waals surface area (Å²) in [5, 5.41) is 2.84. The first-order valence-corrected chi connectivity index (χ1v) is 13.9. The monoisotopic (exact) mass is 561 g/mol. The minimum Gasteiger partial charge on any atom is -0.462 e. The zero-order chi connectivity index (χ0) is 28.1. The van der Waals surface area contributed by atoms with Crippen LogP contribution in [0.4, 0.5) is 11.8 Å². The first-order chi connectivity index (χ1) is 19.4. The van der Waals surface area contributed by atoms with Gasteiger partial charge in [-0.05, 0) is 24.6 Å². The van der Waals surface area contributed by atoms with Crippen LogP contribution in [-0.4, -0.2) is 71.8 Å². The van der Waals surface area contributed by atoms with Crippen molar-refractivity contribution in [2.24, 2.45) is 0 Å². The second-order valence-corrected chi connectivity index (χ2v) is 10.5. The Morgan fingerprint density at radius 3 is 2.65 bits per heavy atom. The fourth-order valence-corrected chi connectivity index (χ4v) is 5.52. The van der Waals surface area contributed by atoms with Crippen molar-refractivity contribution in [3.8, 4) is 11.4 Å². The number of ether oxygens (including phenoxy) is 2. The van der Waals surface area contributed by atoms with E-state index in [1.165, 1.54) is 19.3 Å². The smallest absolute Gasteiger partial charge is 0.341 e. The number of nitrogens with one attached hydrogen (secondary N) is 1. The van der Waals surface area contributed by atoms with Gasteiger partial charge in [-0.2, -0.15) is 0 Å². The van der Waals surface area contributed by atoms with E-state index in [9.17, 15) is 9.59 Å². The number of anilines is 2. The molecule has 1 aliphatic rings. The van der Waals surface area contributed by atoms with Gasteiger partial charge in [0.05, 0.1) is 42.1 Å². The van der Waals surface area contributed by atoms with Gasteiger partial charge in [-0.25, -0.2) is 24.7 Å². The third-order valence-corrected chi connectivity index (χ3v) is 7.43. The second-order valence-electron chi connectivity index (χ2n) is 9.36. The Morgan fingerprint density at radius 1 is 1.15 bits per heavy atom. The Hall–Kier alpha value is -4.16. The van der Waals surface area contributed by atoms with E-state index >= 15 is 0 Å². The maximum atomic E-state index is 11.9. The van der Waals surface area contributed by atoms with Gasteiger partial charge in [-0.15, -0.1) is 11.3 Å². The Labute approximate surface area is 236 Å². The fourth-order valence-electron chi connectivity index (χ4n) is 4.35. The lowest BCUT2D eigenvalue weighted by atomic mass is 10.1. The number of amides is 1. The molecule has 0 atom stereocenters. The number of carbonyl (C=O) groups is 2. The highest BCUT2D eigenvalue weighted by Crippen LogP contribution is 2.35. The summed E-state index contributed by atoms with van der Waals surface area (Å²) >= 11 is 1.65. The van der Waals surface area contributed by atoms with Crippen molar-refractivity contribution in [2.45, 2.75) is 26.9 Å². The zero-order valence-electron chi connectivity index (χ0n) is 22.7. The molecular weight excluding hydrogens is 530 g/mol. The SMILES string of the molecule is CCOC(=O)c1cnc(N(C)Cc2cc3nc(-c4cccc(CNC(C)=O)c4)nc(N4CCOCC4)c3s2)nc1. The summed E-state index contributed by atoms with van der Waals surface area (Å²) < 4.78 is 11.6. The molecule has 5 rings (SSSR count). The summed E-state index contributed by atoms with van der Waals surface area (Å²) in [6, 6.07) is 10.0. The van der Waals surface area contributed by atoms with Crippen molar-refractivity contribution in [2.75, 3.05) is 49.8 Å². The number of nitrogens with zero attached hydrogens (tertiary/aromatic N) is 6. The Kier molecular flexibility index (Phi) is 8.46. The van der Waals surface area contributed by atoms with Gasteiger partial charge in [0.25, 0.3) is 0 Å². The number of carbonyl (C=O) groups excluding carboxylic acids is 2. The van der Waals surface area contributed by atoms with E-state index in [1.54, 1.807) is 18.3 Å². The number of morpholine rings is 1. The molecule has 0 spiro atoms. The predicted molar refractivity (Wildman–Crippen MR) is 153 cm³/mol. The van der Waals surface area contributed by atoms with Crippen LogP contribution in [0.2, 0.25) is 0 Å². The van der Waals surface area contributed by atoms with Gasteiger partial charge in [0.2, 0.25) is 11.9 Å². The van der Waals surface area contributed by atoms with E-state index in [1.807, 2.05) is 36.2 Å². The lowest BCUT2D eigenvalue weighted by molar-refractivity contribution is -0.119. The van der Waals surface area contributed by atoms with Crippen LogP contribution in [-0.2, 0) is 27.4 Å². The van der Waals surface area contributed by atoms with E-state index in [0.29, 0.717) is 50.2 Å². The first kappa shape index (κ1) is 27.4. The number of aromatic nitrogens is 4. The summed E-state index contributed by atoms with van der Waals surface area (Å²) in [6.45, 7) is 7.36. The minimum atomic E-state index is -0.438. The number of rotatable bonds is 9. The molecule has 12 heteroatoms. The molecule has 0 bridgehead atoms. The molecule has 4 heterocycles. The van der Waals surface area contributed by atoms with Gasteiger partial charge in [0.1, 0.15) is 0 Å². The molecule has 1 amide bonds. The summed E-state index contributed by atoms with van der Waals surface area (Å²) in [5.41, 5.74) is 3.05. The van der Waals surface area contributed by atoms with Crippen LogP contribution in [0.1, 0.15) is 34.6 Å². The lowest BCUT2D eigenvalue weighted by Crippen LogP contribution is -2.36. The summed E-state index contributed by atoms with van der Waals surface area (Å²) in [7, 11) is 1.91. The molecule has 1 aliphatic heterocycles. The standard InChI is InChI=1S/C28H31N7O4S/c1-4-39-27(37)21-15-30-28(31-16-21)34(3)17-22-13-23-24(40-22)26(35-8-10-38-11-9-35)33-25(32-23)20-7-5-6-19(12-20)14-29-18(2)36/h5-7,12-13,15-16H,4,8-11,14,17H2,1-3H3,(H,29,36). The third kappa shape index (κ3) is 6.35. The van der Waals surface area contributed by atoms with E-state index in [2.05, 4.69) is 26.3 Å². The van der Waals surface area contributed by atoms with Crippen LogP contribution in [0.25, 0.3) is 21.6 Å². The molecule has 1 aromatic carbocycles. The number of hydrogen-bond donors (Lipinski definition) is 1. The average Bonchev–Trinajstić information content (AvgIpc) is 3.38. The maximum Gasteiger partial charge on any atom is 0.341 e. The van der Waals surface area contributed by atoms with Gasteiger partial charge in [-0.3, -0.25) is 4.79 Å². The average molecular weight is 562 g/mol. The predicted octanol–water partition coefficient (Wildman–Crippen LogP) is 3.43. The number of fused-ring (bicyclic) bond motifs is 1. The van der Waals surface area contributed by atoms with Gasteiger partial charge >= 0.3 is 5.97 Å². The quantitative estimate of drug-likeness (QED) is 0.304. The highest BCUT2D eigenvalue weighted by molar-refractivity contribution is 7.19. The normalized spacial score (nSPS) is 13.3. The van der Waals surface area contributed by atoms with Gasteiger partial charge in [0.15, 0.2) is 11.6 Å². The highest BCUT2D eigenvalue weighted by Gasteiger charge is 2.21. The number of esters is 1. The molecule has 40 heavy (non-hydrogen) atoms. The lowest BCUT2D eigenvalue weighted by Gasteiger charge is -2.28. The molecule has 0 saturated carbocycles. The van der Waals surface area contributed by atoms with Crippen molar-refractivity contribution in [1.29, 1.82) is 0 Å². The van der Waals surface area contributed by atoms with Crippen LogP contribution < -0.4 is 15.1 Å². The fraction of sp³-hybridized carbons (Fsp3) is 0.357. The molecule has 1 fully saturated rings. The third-order valence-electron chi connectivity index (χ3n) is 6.33. The number of thiophene rings is 1. The zero-order valence-corrected chi connectivity index (χ0v) is 23.5. The van der Waals surface area contributed by atoms with Gasteiger partial charge < -0.3 is 24.6 Å². The minimum absolute atomic E-state index is 0.0752. The molecule has 1 saturated heterocycles. The van der Waals surface area contributed by atoms with E-state index in [0.717, 1.165) is 45.1 Å². The van der Waals surface area contributed by atoms with Crippen LogP contribution in [0, 0.1) is 0 Å². The summed E-state index contributed by atoms with van der Waals surface area (Å²) in [4.78, 5) is 47.2. The molecule has 0 aliphatic carbocycles. The van der Waals surface area contributed by atoms with Crippen LogP contribution in [0.15, 0.2) is 42.7 Å². The highest BCUT2D eigenvalue weighted by atomic mass is 32.1. The Balaban J connectivity index is 1.44. The Bertz CT molecular complexity index is 1500. The topological polar surface area (TPSA) is 123 Å². The molecule has 3 aromatic heterocycles. The van der Waals surface area contributed by atoms with Crippen molar-refractivity contribution >= 4 is 45.2 Å². The largest absolute Gasteiger partial charge is 0.462 e. The van der Waals surface area contributed by atoms with Crippen molar-refractivity contribution < 1.29 is 19.1 Å². The molecule has 11 nitrogen and oxygen atoms in total. The van der Waals surface area contributed by atoms with Gasteiger partial charge in [-0.1, -0.05) is 18.2 Å². The molecule has 0 unspecified atom stereocenters. The van der Waals surface area contributed by atoms with Crippen molar-refractivity contribution in [1.82, 2.24) is 25.3 Å². The molecule has 0 radical (unpaired) electrons. The Morgan fingerprint density at radius 2 is 1.93 bits per heavy atom. The second kappa shape index (κ2) is 12.3. The van der Waals surface area contributed by atoms with Crippen molar-refractivity contribution in [3.05, 3.63) is 58.7 Å². The van der Waals surface area contributed by atoms with Crippen LogP contribution in [0.5, 0.6) is 0 Å². The molecule has 4 aromatic rings. The van der Waals surface area contributed by atoms with Crippen molar-refractivity contribution in [3.63, 3.8) is 0 Å². The molecule has 1 N–H and O–H groups in total. The first-order valence-electron chi connectivity index (χ1n) is 13.1. The number of hydrogen-bond acceptors (Lipinski definition) is 11. The summed E-state index contributed by atoms with van der Waals surface area (Å²) in [5.74, 6) is 1.51.